The number of carbonyl (C=O) groups is 2. The van der Waals surface area contributed by atoms with Crippen LogP contribution >= 0.6 is 7.37 Å². The van der Waals surface area contributed by atoms with Crippen LogP contribution < -0.4 is 0 Å². The van der Waals surface area contributed by atoms with Crippen LogP contribution in [0.4, 0.5) is 0 Å². The van der Waals surface area contributed by atoms with E-state index in [1.807, 2.05) is 6.07 Å². The zero-order valence-electron chi connectivity index (χ0n) is 12.7. The molecule has 118 valence electrons. The largest absolute Gasteiger partial charge is 0.508 e. The summed E-state index contributed by atoms with van der Waals surface area (Å²) in [5.74, 6) is -0.260. The molecule has 2 unspecified atom stereocenters. The molecule has 0 spiro atoms. The Labute approximate surface area is 125 Å². The van der Waals surface area contributed by atoms with Crippen LogP contribution in [0.5, 0.6) is 5.75 Å². The number of phenolic OH excluding ortho intramolecular Hbond substituents is 1. The molecule has 1 aromatic carbocycles. The number of aromatic hydroxyl groups is 1. The monoisotopic (exact) mass is 314 g/mol. The summed E-state index contributed by atoms with van der Waals surface area (Å²) >= 11 is 0. The molecule has 0 aliphatic heterocycles. The molecule has 0 fully saturated rings. The van der Waals surface area contributed by atoms with E-state index in [2.05, 4.69) is 0 Å². The summed E-state index contributed by atoms with van der Waals surface area (Å²) < 4.78 is 11.1. The van der Waals surface area contributed by atoms with Gasteiger partial charge in [-0.15, -0.1) is 0 Å². The van der Waals surface area contributed by atoms with Gasteiger partial charge in [-0.3, -0.25) is 9.36 Å². The number of hydrogen-bond donors (Lipinski definition) is 2. The fourth-order valence-corrected chi connectivity index (χ4v) is 2.90. The van der Waals surface area contributed by atoms with Crippen LogP contribution in [0.25, 0.3) is 0 Å². The third-order valence-electron chi connectivity index (χ3n) is 2.74. The van der Waals surface area contributed by atoms with Crippen molar-refractivity contribution in [1.29, 1.82) is 0 Å². The Morgan fingerprint density at radius 3 is 2.00 bits per heavy atom. The Balaban J connectivity index is 0.000000471. The molecule has 2 N–H and O–H groups in total. The van der Waals surface area contributed by atoms with Gasteiger partial charge < -0.3 is 14.8 Å². The normalized spacial score (nSPS) is 14.3. The average Bonchev–Trinajstić information content (AvgIpc) is 2.34. The maximum Gasteiger partial charge on any atom is 0.198 e. The van der Waals surface area contributed by atoms with E-state index in [1.54, 1.807) is 24.3 Å². The first-order valence-electron chi connectivity index (χ1n) is 6.65. The van der Waals surface area contributed by atoms with Crippen LogP contribution in [0.2, 0.25) is 0 Å². The number of para-hydroxylation sites is 1. The Kier molecular flexibility index (Phi) is 8.83. The summed E-state index contributed by atoms with van der Waals surface area (Å²) in [6.45, 7) is 4.07. The molecule has 5 nitrogen and oxygen atoms in total. The first-order valence-corrected chi connectivity index (χ1v) is 8.94. The lowest BCUT2D eigenvalue weighted by atomic mass is 10.0. The predicted octanol–water partition coefficient (Wildman–Crippen LogP) is 2.85. The van der Waals surface area contributed by atoms with Crippen molar-refractivity contribution in [2.45, 2.75) is 26.7 Å². The summed E-state index contributed by atoms with van der Waals surface area (Å²) in [5, 5.41) is 8.63. The van der Waals surface area contributed by atoms with Gasteiger partial charge in [0, 0.05) is 25.2 Å². The summed E-state index contributed by atoms with van der Waals surface area (Å²) in [5.41, 5.74) is 0. The van der Waals surface area contributed by atoms with Gasteiger partial charge in [0.25, 0.3) is 0 Å². The number of ketones is 2. The molecule has 0 aromatic heterocycles. The highest BCUT2D eigenvalue weighted by Gasteiger charge is 2.22. The fraction of sp³-hybridized carbons (Fsp3) is 0.467. The zero-order valence-corrected chi connectivity index (χ0v) is 13.5. The molecule has 2 atom stereocenters. The lowest BCUT2D eigenvalue weighted by molar-refractivity contribution is -0.121. The van der Waals surface area contributed by atoms with Crippen LogP contribution in [0, 0.1) is 5.92 Å². The second-order valence-corrected chi connectivity index (χ2v) is 7.58. The van der Waals surface area contributed by atoms with Gasteiger partial charge in [-0.1, -0.05) is 18.2 Å². The Morgan fingerprint density at radius 2 is 1.71 bits per heavy atom. The smallest absolute Gasteiger partial charge is 0.198 e. The highest BCUT2D eigenvalue weighted by Crippen LogP contribution is 2.38. The number of benzene rings is 1. The molecular formula is C15H23O5P. The molecule has 0 heterocycles. The first-order chi connectivity index (χ1) is 9.61. The van der Waals surface area contributed by atoms with Crippen LogP contribution in [0.3, 0.4) is 0 Å². The number of Topliss-reactive ketones (excluding diaryl/α,β-unsaturated/α-hetero) is 2. The maximum absolute atomic E-state index is 11.1. The molecule has 0 saturated heterocycles. The molecule has 0 radical (unpaired) electrons. The fourth-order valence-electron chi connectivity index (χ4n) is 1.64. The Bertz CT molecular complexity index is 492. The van der Waals surface area contributed by atoms with E-state index in [0.717, 1.165) is 0 Å². The van der Waals surface area contributed by atoms with E-state index < -0.39 is 13.3 Å². The zero-order chi connectivity index (χ0) is 16.5. The molecular weight excluding hydrogens is 291 g/mol. The van der Waals surface area contributed by atoms with Crippen LogP contribution in [0.1, 0.15) is 26.7 Å². The van der Waals surface area contributed by atoms with E-state index >= 15 is 0 Å². The van der Waals surface area contributed by atoms with Crippen molar-refractivity contribution >= 4 is 18.9 Å². The summed E-state index contributed by atoms with van der Waals surface area (Å²) in [7, 11) is -3.17. The minimum absolute atomic E-state index is 0.000116. The average molecular weight is 314 g/mol. The van der Waals surface area contributed by atoms with E-state index in [1.165, 1.54) is 20.5 Å². The van der Waals surface area contributed by atoms with Crippen LogP contribution in [-0.2, 0) is 14.2 Å². The van der Waals surface area contributed by atoms with Crippen LogP contribution in [0.15, 0.2) is 30.3 Å². The van der Waals surface area contributed by atoms with Gasteiger partial charge in [-0.05, 0) is 32.4 Å². The van der Waals surface area contributed by atoms with Gasteiger partial charge in [-0.2, -0.15) is 0 Å². The van der Waals surface area contributed by atoms with Crippen molar-refractivity contribution in [2.24, 2.45) is 5.92 Å². The summed E-state index contributed by atoms with van der Waals surface area (Å²) in [6.07, 6.45) is 0.656. The molecule has 21 heavy (non-hydrogen) atoms. The van der Waals surface area contributed by atoms with E-state index in [4.69, 9.17) is 10.00 Å². The van der Waals surface area contributed by atoms with E-state index in [9.17, 15) is 14.2 Å². The van der Waals surface area contributed by atoms with Gasteiger partial charge in [0.2, 0.25) is 0 Å². The predicted molar refractivity (Wildman–Crippen MR) is 82.8 cm³/mol. The number of phenols is 1. The van der Waals surface area contributed by atoms with Gasteiger partial charge in [-0.25, -0.2) is 0 Å². The second-order valence-electron chi connectivity index (χ2n) is 5.12. The van der Waals surface area contributed by atoms with Crippen molar-refractivity contribution in [3.8, 4) is 5.75 Å². The lowest BCUT2D eigenvalue weighted by Crippen LogP contribution is -2.16. The number of hydrogen-bond acceptors (Lipinski definition) is 4. The van der Waals surface area contributed by atoms with Crippen molar-refractivity contribution in [1.82, 2.24) is 0 Å². The molecule has 0 aliphatic carbocycles. The van der Waals surface area contributed by atoms with E-state index in [-0.39, 0.29) is 17.7 Å². The van der Waals surface area contributed by atoms with Gasteiger partial charge in [0.05, 0.1) is 0 Å². The second kappa shape index (κ2) is 9.48. The third kappa shape index (κ3) is 12.0. The Hall–Kier alpha value is -1.45. The molecule has 0 bridgehead atoms. The van der Waals surface area contributed by atoms with Crippen molar-refractivity contribution < 1.29 is 24.2 Å². The molecule has 1 rings (SSSR count). The molecule has 0 aliphatic rings. The highest BCUT2D eigenvalue weighted by molar-refractivity contribution is 7.57. The number of carbonyl (C=O) groups excluding carboxylic acids is 2. The molecule has 6 heteroatoms. The van der Waals surface area contributed by atoms with E-state index in [0.29, 0.717) is 18.6 Å². The van der Waals surface area contributed by atoms with Crippen molar-refractivity contribution in [3.05, 3.63) is 30.3 Å². The standard InChI is InChI=1S/C9H17O4P.C6H6O/c1-7(10)4-5-9(8(2)11)6-14(3,12)13;7-6-4-2-1-3-5-6/h9H,4-6H2,1-3H3,(H,12,13);1-5,7H. The van der Waals surface area contributed by atoms with Gasteiger partial charge in [0.1, 0.15) is 17.3 Å². The Morgan fingerprint density at radius 1 is 1.19 bits per heavy atom. The topological polar surface area (TPSA) is 91.7 Å². The third-order valence-corrected chi connectivity index (χ3v) is 3.85. The quantitative estimate of drug-likeness (QED) is 0.788. The maximum atomic E-state index is 11.1. The van der Waals surface area contributed by atoms with Gasteiger partial charge in [0.15, 0.2) is 7.37 Å². The summed E-state index contributed by atoms with van der Waals surface area (Å²) in [6, 6.07) is 8.71. The molecule has 0 amide bonds. The lowest BCUT2D eigenvalue weighted by Gasteiger charge is -2.14. The minimum atomic E-state index is -3.17. The summed E-state index contributed by atoms with van der Waals surface area (Å²) in [4.78, 5) is 30.9. The first kappa shape index (κ1) is 19.6. The SMILES string of the molecule is CC(=O)CCC(CP(C)(=O)O)C(C)=O.Oc1ccccc1. The van der Waals surface area contributed by atoms with Crippen molar-refractivity contribution in [2.75, 3.05) is 12.8 Å². The highest BCUT2D eigenvalue weighted by atomic mass is 31.2. The van der Waals surface area contributed by atoms with Crippen LogP contribution in [-0.4, -0.2) is 34.4 Å². The van der Waals surface area contributed by atoms with Gasteiger partial charge >= 0.3 is 0 Å². The molecule has 0 saturated carbocycles. The van der Waals surface area contributed by atoms with Crippen molar-refractivity contribution in [3.63, 3.8) is 0 Å². The molecule has 1 aromatic rings. The minimum Gasteiger partial charge on any atom is -0.508 e. The number of rotatable bonds is 6.